The predicted octanol–water partition coefficient (Wildman–Crippen LogP) is 2.44. The topological polar surface area (TPSA) is 47.7 Å². The number of nitrogens with two attached hydrogens (primary N) is 1. The molecule has 1 heterocycles. The van der Waals surface area contributed by atoms with E-state index in [0.717, 1.165) is 41.9 Å². The number of nitrogens with zero attached hydrogens (tertiary/aromatic N) is 1. The number of rotatable bonds is 6. The maximum Gasteiger partial charge on any atom is 0.122 e. The lowest BCUT2D eigenvalue weighted by atomic mass is 10.1. The Morgan fingerprint density at radius 3 is 3.00 bits per heavy atom. The van der Waals surface area contributed by atoms with Crippen molar-refractivity contribution in [1.29, 1.82) is 0 Å². The Labute approximate surface area is 135 Å². The van der Waals surface area contributed by atoms with E-state index < -0.39 is 0 Å². The van der Waals surface area contributed by atoms with Crippen LogP contribution < -0.4 is 10.5 Å². The lowest BCUT2D eigenvalue weighted by Crippen LogP contribution is -2.47. The van der Waals surface area contributed by atoms with E-state index in [1.165, 1.54) is 0 Å². The Bertz CT molecular complexity index is 454. The molecule has 1 aromatic rings. The van der Waals surface area contributed by atoms with Crippen molar-refractivity contribution in [3.05, 3.63) is 28.2 Å². The largest absolute Gasteiger partial charge is 0.491 e. The second kappa shape index (κ2) is 8.13. The number of halogens is 1. The van der Waals surface area contributed by atoms with Crippen LogP contribution in [0.3, 0.4) is 0 Å². The van der Waals surface area contributed by atoms with E-state index in [9.17, 15) is 0 Å². The average Bonchev–Trinajstić information content (AvgIpc) is 2.47. The monoisotopic (exact) mass is 356 g/mol. The first-order valence-electron chi connectivity index (χ1n) is 7.57. The molecule has 0 saturated carbocycles. The third-order valence-corrected chi connectivity index (χ3v) is 4.25. The number of morpholine rings is 1. The van der Waals surface area contributed by atoms with Gasteiger partial charge in [-0.15, -0.1) is 0 Å². The van der Waals surface area contributed by atoms with Crippen LogP contribution in [0.15, 0.2) is 22.7 Å². The van der Waals surface area contributed by atoms with Crippen molar-refractivity contribution < 1.29 is 9.47 Å². The van der Waals surface area contributed by atoms with Gasteiger partial charge in [0, 0.05) is 23.6 Å². The summed E-state index contributed by atoms with van der Waals surface area (Å²) < 4.78 is 12.8. The van der Waals surface area contributed by atoms with Gasteiger partial charge in [-0.1, -0.05) is 15.9 Å². The van der Waals surface area contributed by atoms with Gasteiger partial charge < -0.3 is 15.2 Å². The minimum Gasteiger partial charge on any atom is -0.491 e. The molecule has 1 aromatic carbocycles. The van der Waals surface area contributed by atoms with Crippen LogP contribution in [0.25, 0.3) is 0 Å². The molecule has 4 nitrogen and oxygen atoms in total. The van der Waals surface area contributed by atoms with E-state index in [1.807, 2.05) is 12.1 Å². The predicted molar refractivity (Wildman–Crippen MR) is 88.8 cm³/mol. The van der Waals surface area contributed by atoms with E-state index in [1.54, 1.807) is 0 Å². The Morgan fingerprint density at radius 2 is 2.29 bits per heavy atom. The van der Waals surface area contributed by atoms with Crippen LogP contribution in [0.1, 0.15) is 19.4 Å². The summed E-state index contributed by atoms with van der Waals surface area (Å²) >= 11 is 3.49. The zero-order valence-corrected chi connectivity index (χ0v) is 14.4. The molecule has 0 radical (unpaired) electrons. The van der Waals surface area contributed by atoms with Gasteiger partial charge >= 0.3 is 0 Å². The summed E-state index contributed by atoms with van der Waals surface area (Å²) in [7, 11) is 0. The highest BCUT2D eigenvalue weighted by molar-refractivity contribution is 9.10. The molecule has 2 N–H and O–H groups in total. The molecule has 5 heteroatoms. The summed E-state index contributed by atoms with van der Waals surface area (Å²) in [5, 5.41) is 0. The summed E-state index contributed by atoms with van der Waals surface area (Å²) in [6, 6.07) is 6.62. The smallest absolute Gasteiger partial charge is 0.122 e. The highest BCUT2D eigenvalue weighted by Crippen LogP contribution is 2.24. The lowest BCUT2D eigenvalue weighted by Gasteiger charge is -2.35. The van der Waals surface area contributed by atoms with Crippen molar-refractivity contribution in [2.75, 3.05) is 32.8 Å². The molecule has 0 aliphatic carbocycles. The third-order valence-electron chi connectivity index (χ3n) is 3.76. The van der Waals surface area contributed by atoms with E-state index in [2.05, 4.69) is 40.7 Å². The molecule has 0 spiro atoms. The maximum atomic E-state index is 5.98. The molecule has 0 amide bonds. The molecular formula is C16H25BrN2O2. The van der Waals surface area contributed by atoms with Crippen molar-refractivity contribution in [1.82, 2.24) is 4.90 Å². The standard InChI is InChI=1S/C16H25BrN2O2/c1-12(2)19-7-8-20-15(10-19)11-21-16-4-3-14(17)9-13(16)5-6-18/h3-4,9,12,15H,5-8,10-11,18H2,1-2H3. The van der Waals surface area contributed by atoms with Crippen molar-refractivity contribution in [2.45, 2.75) is 32.4 Å². The van der Waals surface area contributed by atoms with Gasteiger partial charge in [-0.3, -0.25) is 4.90 Å². The van der Waals surface area contributed by atoms with Crippen LogP contribution in [-0.4, -0.2) is 49.9 Å². The van der Waals surface area contributed by atoms with E-state index in [-0.39, 0.29) is 6.10 Å². The van der Waals surface area contributed by atoms with E-state index in [4.69, 9.17) is 15.2 Å². The second-order valence-electron chi connectivity index (χ2n) is 5.68. The first kappa shape index (κ1) is 16.7. The van der Waals surface area contributed by atoms with Gasteiger partial charge in [0.15, 0.2) is 0 Å². The van der Waals surface area contributed by atoms with Crippen molar-refractivity contribution in [3.8, 4) is 5.75 Å². The molecule has 0 bridgehead atoms. The highest BCUT2D eigenvalue weighted by atomic mass is 79.9. The fraction of sp³-hybridized carbons (Fsp3) is 0.625. The zero-order chi connectivity index (χ0) is 15.2. The molecule has 1 atom stereocenters. The van der Waals surface area contributed by atoms with Crippen molar-refractivity contribution >= 4 is 15.9 Å². The van der Waals surface area contributed by atoms with Crippen molar-refractivity contribution in [2.24, 2.45) is 5.73 Å². The molecule has 1 saturated heterocycles. The van der Waals surface area contributed by atoms with Gasteiger partial charge in [-0.25, -0.2) is 0 Å². The Kier molecular flexibility index (Phi) is 6.48. The Balaban J connectivity index is 1.93. The third kappa shape index (κ3) is 4.95. The maximum absolute atomic E-state index is 5.98. The number of hydrogen-bond acceptors (Lipinski definition) is 4. The number of benzene rings is 1. The molecule has 118 valence electrons. The fourth-order valence-electron chi connectivity index (χ4n) is 2.53. The molecule has 21 heavy (non-hydrogen) atoms. The fourth-order valence-corrected chi connectivity index (χ4v) is 2.94. The Morgan fingerprint density at radius 1 is 1.48 bits per heavy atom. The molecule has 1 unspecified atom stereocenters. The summed E-state index contributed by atoms with van der Waals surface area (Å²) in [5.74, 6) is 0.911. The van der Waals surface area contributed by atoms with Crippen LogP contribution in [-0.2, 0) is 11.2 Å². The first-order chi connectivity index (χ1) is 10.1. The van der Waals surface area contributed by atoms with Gasteiger partial charge in [0.25, 0.3) is 0 Å². The van der Waals surface area contributed by atoms with Crippen molar-refractivity contribution in [3.63, 3.8) is 0 Å². The lowest BCUT2D eigenvalue weighted by molar-refractivity contribution is -0.0565. The highest BCUT2D eigenvalue weighted by Gasteiger charge is 2.22. The van der Waals surface area contributed by atoms with Crippen LogP contribution in [0.4, 0.5) is 0 Å². The summed E-state index contributed by atoms with van der Waals surface area (Å²) in [4.78, 5) is 2.43. The minimum atomic E-state index is 0.135. The van der Waals surface area contributed by atoms with Crippen LogP contribution >= 0.6 is 15.9 Å². The SMILES string of the molecule is CC(C)N1CCOC(COc2ccc(Br)cc2CCN)C1. The quantitative estimate of drug-likeness (QED) is 0.850. The van der Waals surface area contributed by atoms with Gasteiger partial charge in [0.05, 0.1) is 6.61 Å². The van der Waals surface area contributed by atoms with Gasteiger partial charge in [0.2, 0.25) is 0 Å². The average molecular weight is 357 g/mol. The summed E-state index contributed by atoms with van der Waals surface area (Å²) in [6.45, 7) is 8.36. The first-order valence-corrected chi connectivity index (χ1v) is 8.36. The summed E-state index contributed by atoms with van der Waals surface area (Å²) in [5.41, 5.74) is 6.81. The van der Waals surface area contributed by atoms with Crippen LogP contribution in [0.5, 0.6) is 5.75 Å². The van der Waals surface area contributed by atoms with E-state index >= 15 is 0 Å². The normalized spacial score (nSPS) is 20.0. The molecule has 1 fully saturated rings. The Hall–Kier alpha value is -0.620. The molecular weight excluding hydrogens is 332 g/mol. The van der Waals surface area contributed by atoms with Gasteiger partial charge in [0.1, 0.15) is 18.5 Å². The number of hydrogen-bond donors (Lipinski definition) is 1. The van der Waals surface area contributed by atoms with Gasteiger partial charge in [-0.05, 0) is 50.6 Å². The zero-order valence-electron chi connectivity index (χ0n) is 12.8. The van der Waals surface area contributed by atoms with E-state index in [0.29, 0.717) is 19.2 Å². The minimum absolute atomic E-state index is 0.135. The van der Waals surface area contributed by atoms with Crippen LogP contribution in [0.2, 0.25) is 0 Å². The second-order valence-corrected chi connectivity index (χ2v) is 6.60. The molecule has 2 rings (SSSR count). The summed E-state index contributed by atoms with van der Waals surface area (Å²) in [6.07, 6.45) is 0.953. The number of ether oxygens (including phenoxy) is 2. The molecule has 0 aromatic heterocycles. The van der Waals surface area contributed by atoms with Crippen LogP contribution in [0, 0.1) is 0 Å². The molecule has 1 aliphatic heterocycles. The molecule has 1 aliphatic rings. The van der Waals surface area contributed by atoms with Gasteiger partial charge in [-0.2, -0.15) is 0 Å².